The summed E-state index contributed by atoms with van der Waals surface area (Å²) in [5.41, 5.74) is 4.54. The first-order chi connectivity index (χ1) is 9.86. The first-order valence-electron chi connectivity index (χ1n) is 6.30. The minimum atomic E-state index is -1.10. The molecule has 21 heavy (non-hydrogen) atoms. The number of carbonyl (C=O) groups is 2. The number of carboxylic acids is 1. The number of aliphatic carboxylic acids is 1. The van der Waals surface area contributed by atoms with E-state index in [9.17, 15) is 19.7 Å². The molecule has 9 nitrogen and oxygen atoms in total. The molecule has 1 heterocycles. The molecule has 1 amide bonds. The van der Waals surface area contributed by atoms with Gasteiger partial charge in [0.1, 0.15) is 18.1 Å². The number of aromatic nitrogens is 1. The third kappa shape index (κ3) is 4.41. The molecule has 1 atom stereocenters. The normalized spacial score (nSPS) is 11.7. The number of amides is 1. The van der Waals surface area contributed by atoms with Gasteiger partial charge in [-0.2, -0.15) is 0 Å². The molecule has 4 N–H and O–H groups in total. The van der Waals surface area contributed by atoms with Gasteiger partial charge in [0.2, 0.25) is 0 Å². The first kappa shape index (κ1) is 16.3. The van der Waals surface area contributed by atoms with Crippen LogP contribution in [0.15, 0.2) is 12.3 Å². The van der Waals surface area contributed by atoms with Crippen LogP contribution in [-0.4, -0.2) is 32.9 Å². The molecule has 0 aliphatic heterocycles. The van der Waals surface area contributed by atoms with Crippen molar-refractivity contribution >= 4 is 23.4 Å². The Kier molecular flexibility index (Phi) is 5.58. The zero-order chi connectivity index (χ0) is 16.0. The van der Waals surface area contributed by atoms with Crippen LogP contribution >= 0.6 is 0 Å². The summed E-state index contributed by atoms with van der Waals surface area (Å²) in [6.07, 6.45) is 2.75. The number of carbonyl (C=O) groups excluding carboxylic acids is 1. The zero-order valence-corrected chi connectivity index (χ0v) is 11.4. The molecule has 0 spiro atoms. The average Bonchev–Trinajstić information content (AvgIpc) is 2.42. The maximum absolute atomic E-state index is 11.3. The Labute approximate surface area is 120 Å². The number of nitro groups is 1. The van der Waals surface area contributed by atoms with E-state index in [-0.39, 0.29) is 11.4 Å². The number of nitrogens with zero attached hydrogens (tertiary/aromatic N) is 2. The number of rotatable bonds is 8. The SMILES string of the molecule is CCCCC(Nc1ncc([N+](=O)[O-])cc1C(N)=O)C(=O)O. The van der Waals surface area contributed by atoms with Crippen LogP contribution < -0.4 is 11.1 Å². The van der Waals surface area contributed by atoms with Gasteiger partial charge in [-0.05, 0) is 6.42 Å². The summed E-state index contributed by atoms with van der Waals surface area (Å²) >= 11 is 0. The highest BCUT2D eigenvalue weighted by Gasteiger charge is 2.22. The summed E-state index contributed by atoms with van der Waals surface area (Å²) in [6, 6.07) is 0.0214. The summed E-state index contributed by atoms with van der Waals surface area (Å²) in [7, 11) is 0. The first-order valence-corrected chi connectivity index (χ1v) is 6.30. The van der Waals surface area contributed by atoms with Crippen molar-refractivity contribution < 1.29 is 19.6 Å². The predicted octanol–water partition coefficient (Wildman–Crippen LogP) is 1.14. The van der Waals surface area contributed by atoms with Gasteiger partial charge in [0.05, 0.1) is 10.5 Å². The van der Waals surface area contributed by atoms with Crippen LogP contribution in [0.25, 0.3) is 0 Å². The minimum absolute atomic E-state index is 0.0726. The van der Waals surface area contributed by atoms with Gasteiger partial charge in [-0.15, -0.1) is 0 Å². The number of nitrogens with two attached hydrogens (primary N) is 1. The second-order valence-electron chi connectivity index (χ2n) is 4.39. The molecule has 114 valence electrons. The molecular weight excluding hydrogens is 280 g/mol. The van der Waals surface area contributed by atoms with E-state index in [1.807, 2.05) is 6.92 Å². The van der Waals surface area contributed by atoms with Crippen LogP contribution in [0.3, 0.4) is 0 Å². The summed E-state index contributed by atoms with van der Waals surface area (Å²) in [6.45, 7) is 1.91. The van der Waals surface area contributed by atoms with Crippen LogP contribution in [-0.2, 0) is 4.79 Å². The molecule has 9 heteroatoms. The topological polar surface area (TPSA) is 148 Å². The van der Waals surface area contributed by atoms with Gasteiger partial charge in [-0.25, -0.2) is 9.78 Å². The standard InChI is InChI=1S/C12H16N4O5/c1-2-3-4-9(12(18)19)15-11-8(10(13)17)5-7(6-14-11)16(20)21/h5-6,9H,2-4H2,1H3,(H2,13,17)(H,14,15)(H,18,19). The van der Waals surface area contributed by atoms with Crippen LogP contribution in [0.5, 0.6) is 0 Å². The molecule has 0 aliphatic rings. The van der Waals surface area contributed by atoms with E-state index < -0.39 is 28.5 Å². The Morgan fingerprint density at radius 3 is 2.71 bits per heavy atom. The van der Waals surface area contributed by atoms with Crippen molar-refractivity contribution in [1.29, 1.82) is 0 Å². The number of pyridine rings is 1. The van der Waals surface area contributed by atoms with E-state index in [4.69, 9.17) is 10.8 Å². The second-order valence-corrected chi connectivity index (χ2v) is 4.39. The lowest BCUT2D eigenvalue weighted by Crippen LogP contribution is -2.31. The fraction of sp³-hybridized carbons (Fsp3) is 0.417. The molecule has 0 radical (unpaired) electrons. The Bertz CT molecular complexity index is 561. The molecule has 0 saturated carbocycles. The smallest absolute Gasteiger partial charge is 0.326 e. The van der Waals surface area contributed by atoms with E-state index in [0.29, 0.717) is 12.8 Å². The molecule has 0 fully saturated rings. The highest BCUT2D eigenvalue weighted by molar-refractivity contribution is 5.98. The van der Waals surface area contributed by atoms with Gasteiger partial charge in [0.15, 0.2) is 0 Å². The van der Waals surface area contributed by atoms with E-state index in [0.717, 1.165) is 18.7 Å². The second kappa shape index (κ2) is 7.17. The number of hydrogen-bond donors (Lipinski definition) is 3. The van der Waals surface area contributed by atoms with E-state index in [1.165, 1.54) is 0 Å². The molecule has 1 unspecified atom stereocenters. The molecular formula is C12H16N4O5. The number of anilines is 1. The van der Waals surface area contributed by atoms with Crippen LogP contribution in [0.1, 0.15) is 36.5 Å². The zero-order valence-electron chi connectivity index (χ0n) is 11.4. The Morgan fingerprint density at radius 1 is 1.57 bits per heavy atom. The maximum atomic E-state index is 11.3. The lowest BCUT2D eigenvalue weighted by Gasteiger charge is -2.16. The third-order valence-corrected chi connectivity index (χ3v) is 2.80. The Hall–Kier alpha value is -2.71. The van der Waals surface area contributed by atoms with Gasteiger partial charge < -0.3 is 16.2 Å². The number of carboxylic acid groups (broad SMARTS) is 1. The van der Waals surface area contributed by atoms with Gasteiger partial charge in [0, 0.05) is 6.07 Å². The number of nitrogens with one attached hydrogen (secondary N) is 1. The van der Waals surface area contributed by atoms with E-state index >= 15 is 0 Å². The van der Waals surface area contributed by atoms with Gasteiger partial charge in [-0.1, -0.05) is 19.8 Å². The van der Waals surface area contributed by atoms with Crippen LogP contribution in [0.2, 0.25) is 0 Å². The number of primary amides is 1. The average molecular weight is 296 g/mol. The van der Waals surface area contributed by atoms with Crippen molar-refractivity contribution in [3.05, 3.63) is 27.9 Å². The van der Waals surface area contributed by atoms with E-state index in [1.54, 1.807) is 0 Å². The molecule has 1 rings (SSSR count). The highest BCUT2D eigenvalue weighted by atomic mass is 16.6. The van der Waals surface area contributed by atoms with Gasteiger partial charge in [0.25, 0.3) is 11.6 Å². The van der Waals surface area contributed by atoms with Crippen molar-refractivity contribution in [2.24, 2.45) is 5.73 Å². The molecule has 0 aliphatic carbocycles. The monoisotopic (exact) mass is 296 g/mol. The van der Waals surface area contributed by atoms with E-state index in [2.05, 4.69) is 10.3 Å². The van der Waals surface area contributed by atoms with Gasteiger partial charge in [-0.3, -0.25) is 14.9 Å². The summed E-state index contributed by atoms with van der Waals surface area (Å²) in [5, 5.41) is 22.4. The Balaban J connectivity index is 3.07. The Morgan fingerprint density at radius 2 is 2.24 bits per heavy atom. The van der Waals surface area contributed by atoms with Crippen molar-refractivity contribution in [2.45, 2.75) is 32.2 Å². The molecule has 1 aromatic heterocycles. The van der Waals surface area contributed by atoms with Gasteiger partial charge >= 0.3 is 5.97 Å². The summed E-state index contributed by atoms with van der Waals surface area (Å²) in [4.78, 5) is 36.2. The van der Waals surface area contributed by atoms with Crippen LogP contribution in [0, 0.1) is 10.1 Å². The number of unbranched alkanes of at least 4 members (excludes halogenated alkanes) is 1. The summed E-state index contributed by atoms with van der Waals surface area (Å²) < 4.78 is 0. The molecule has 0 bridgehead atoms. The van der Waals surface area contributed by atoms with Crippen LogP contribution in [0.4, 0.5) is 11.5 Å². The summed E-state index contributed by atoms with van der Waals surface area (Å²) in [5.74, 6) is -2.09. The van der Waals surface area contributed by atoms with Crippen molar-refractivity contribution in [3.8, 4) is 0 Å². The fourth-order valence-corrected chi connectivity index (χ4v) is 1.69. The molecule has 0 aromatic carbocycles. The highest BCUT2D eigenvalue weighted by Crippen LogP contribution is 2.20. The number of hydrogen-bond acceptors (Lipinski definition) is 6. The predicted molar refractivity (Wildman–Crippen MR) is 74.0 cm³/mol. The lowest BCUT2D eigenvalue weighted by atomic mass is 10.1. The molecule has 0 saturated heterocycles. The minimum Gasteiger partial charge on any atom is -0.480 e. The van der Waals surface area contributed by atoms with Crippen molar-refractivity contribution in [1.82, 2.24) is 4.98 Å². The largest absolute Gasteiger partial charge is 0.480 e. The maximum Gasteiger partial charge on any atom is 0.326 e. The van der Waals surface area contributed by atoms with Crippen molar-refractivity contribution in [3.63, 3.8) is 0 Å². The van der Waals surface area contributed by atoms with Crippen molar-refractivity contribution in [2.75, 3.05) is 5.32 Å². The fourth-order valence-electron chi connectivity index (χ4n) is 1.69. The third-order valence-electron chi connectivity index (χ3n) is 2.80. The quantitative estimate of drug-likeness (QED) is 0.481. The lowest BCUT2D eigenvalue weighted by molar-refractivity contribution is -0.385. The molecule has 1 aromatic rings.